The summed E-state index contributed by atoms with van der Waals surface area (Å²) >= 11 is 1.31. The fourth-order valence-electron chi connectivity index (χ4n) is 1.30. The summed E-state index contributed by atoms with van der Waals surface area (Å²) in [7, 11) is 0. The van der Waals surface area contributed by atoms with Crippen LogP contribution in [0.15, 0.2) is 35.7 Å². The van der Waals surface area contributed by atoms with E-state index in [9.17, 15) is 4.79 Å². The van der Waals surface area contributed by atoms with E-state index >= 15 is 0 Å². The van der Waals surface area contributed by atoms with Crippen LogP contribution in [0.4, 0.5) is 15.6 Å². The van der Waals surface area contributed by atoms with Crippen molar-refractivity contribution in [1.82, 2.24) is 4.98 Å². The Morgan fingerprint density at radius 2 is 2.11 bits per heavy atom. The van der Waals surface area contributed by atoms with Gasteiger partial charge in [-0.3, -0.25) is 10.2 Å². The molecule has 0 bridgehead atoms. The SMILES string of the molecule is NOCc1csc(NC(=O)Nc2ccccc2)n1. The molecule has 0 aliphatic carbocycles. The van der Waals surface area contributed by atoms with E-state index in [2.05, 4.69) is 20.5 Å². The smallest absolute Gasteiger partial charge is 0.308 e. The van der Waals surface area contributed by atoms with Gasteiger partial charge in [-0.2, -0.15) is 0 Å². The van der Waals surface area contributed by atoms with Gasteiger partial charge in [0.2, 0.25) is 0 Å². The van der Waals surface area contributed by atoms with Gasteiger partial charge in [-0.05, 0) is 12.1 Å². The zero-order valence-corrected chi connectivity index (χ0v) is 10.2. The minimum Gasteiger partial charge on any atom is -0.308 e. The van der Waals surface area contributed by atoms with E-state index in [1.165, 1.54) is 11.3 Å². The molecule has 0 aliphatic rings. The summed E-state index contributed by atoms with van der Waals surface area (Å²) in [6.45, 7) is 0.221. The molecule has 0 atom stereocenters. The highest BCUT2D eigenvalue weighted by molar-refractivity contribution is 7.13. The minimum atomic E-state index is -0.337. The molecule has 1 heterocycles. The summed E-state index contributed by atoms with van der Waals surface area (Å²) in [5, 5.41) is 7.59. The van der Waals surface area contributed by atoms with E-state index in [0.717, 1.165) is 5.69 Å². The number of benzene rings is 1. The number of urea groups is 1. The number of carbonyl (C=O) groups is 1. The van der Waals surface area contributed by atoms with Gasteiger partial charge in [0.1, 0.15) is 6.61 Å². The van der Waals surface area contributed by atoms with Crippen molar-refractivity contribution in [3.8, 4) is 0 Å². The number of para-hydroxylation sites is 1. The molecule has 6 nitrogen and oxygen atoms in total. The van der Waals surface area contributed by atoms with Crippen LogP contribution in [0, 0.1) is 0 Å². The standard InChI is InChI=1S/C11H12N4O2S/c12-17-6-9-7-18-11(14-9)15-10(16)13-8-4-2-1-3-5-8/h1-5,7H,6,12H2,(H2,13,14,15,16). The van der Waals surface area contributed by atoms with Gasteiger partial charge >= 0.3 is 6.03 Å². The third-order valence-corrected chi connectivity index (χ3v) is 2.84. The molecule has 0 radical (unpaired) electrons. The van der Waals surface area contributed by atoms with Gasteiger partial charge in [-0.15, -0.1) is 11.3 Å². The van der Waals surface area contributed by atoms with E-state index in [1.807, 2.05) is 18.2 Å². The molecule has 2 amide bonds. The third kappa shape index (κ3) is 3.52. The molecule has 0 saturated carbocycles. The van der Waals surface area contributed by atoms with Crippen LogP contribution < -0.4 is 16.5 Å². The highest BCUT2D eigenvalue weighted by atomic mass is 32.1. The lowest BCUT2D eigenvalue weighted by Gasteiger charge is -2.04. The second-order valence-electron chi connectivity index (χ2n) is 3.40. The Morgan fingerprint density at radius 3 is 2.83 bits per heavy atom. The van der Waals surface area contributed by atoms with Crippen molar-refractivity contribution < 1.29 is 9.63 Å². The van der Waals surface area contributed by atoms with E-state index in [4.69, 9.17) is 5.90 Å². The molecule has 0 aliphatic heterocycles. The molecular formula is C11H12N4O2S. The highest BCUT2D eigenvalue weighted by Crippen LogP contribution is 2.16. The van der Waals surface area contributed by atoms with Crippen LogP contribution in [0.2, 0.25) is 0 Å². The number of carbonyl (C=O) groups excluding carboxylic acids is 1. The lowest BCUT2D eigenvalue weighted by molar-refractivity contribution is 0.122. The Hall–Kier alpha value is -1.96. The molecule has 4 N–H and O–H groups in total. The molecule has 7 heteroatoms. The number of thiazole rings is 1. The Kier molecular flexibility index (Phi) is 4.24. The maximum absolute atomic E-state index is 11.6. The molecule has 2 aromatic rings. The van der Waals surface area contributed by atoms with Crippen molar-refractivity contribution in [2.45, 2.75) is 6.61 Å². The number of nitrogens with two attached hydrogens (primary N) is 1. The topological polar surface area (TPSA) is 89.3 Å². The molecule has 0 spiro atoms. The summed E-state index contributed by atoms with van der Waals surface area (Å²) < 4.78 is 0. The molecule has 1 aromatic heterocycles. The van der Waals surface area contributed by atoms with Crippen molar-refractivity contribution in [2.24, 2.45) is 5.90 Å². The predicted octanol–water partition coefficient (Wildman–Crippen LogP) is 2.18. The van der Waals surface area contributed by atoms with Gasteiger partial charge in [-0.1, -0.05) is 18.2 Å². The zero-order valence-electron chi connectivity index (χ0n) is 9.42. The second-order valence-corrected chi connectivity index (χ2v) is 4.26. The molecule has 2 rings (SSSR count). The van der Waals surface area contributed by atoms with Gasteiger partial charge in [0.25, 0.3) is 0 Å². The largest absolute Gasteiger partial charge is 0.325 e. The monoisotopic (exact) mass is 264 g/mol. The van der Waals surface area contributed by atoms with Gasteiger partial charge in [-0.25, -0.2) is 15.7 Å². The summed E-state index contributed by atoms with van der Waals surface area (Å²) in [5.74, 6) is 4.94. The summed E-state index contributed by atoms with van der Waals surface area (Å²) in [5.41, 5.74) is 1.40. The maximum atomic E-state index is 11.6. The molecule has 0 fully saturated rings. The second kappa shape index (κ2) is 6.10. The highest BCUT2D eigenvalue weighted by Gasteiger charge is 2.06. The van der Waals surface area contributed by atoms with Crippen LogP contribution >= 0.6 is 11.3 Å². The number of hydrogen-bond acceptors (Lipinski definition) is 5. The first-order valence-electron chi connectivity index (χ1n) is 5.17. The number of anilines is 2. The summed E-state index contributed by atoms with van der Waals surface area (Å²) in [4.78, 5) is 20.2. The fraction of sp³-hybridized carbons (Fsp3) is 0.0909. The van der Waals surface area contributed by atoms with Crippen molar-refractivity contribution in [3.05, 3.63) is 41.4 Å². The molecule has 0 saturated heterocycles. The van der Waals surface area contributed by atoms with Crippen LogP contribution in [-0.4, -0.2) is 11.0 Å². The minimum absolute atomic E-state index is 0.221. The van der Waals surface area contributed by atoms with Crippen molar-refractivity contribution in [2.75, 3.05) is 10.6 Å². The zero-order chi connectivity index (χ0) is 12.8. The quantitative estimate of drug-likeness (QED) is 0.738. The van der Waals surface area contributed by atoms with Crippen LogP contribution in [0.3, 0.4) is 0 Å². The molecule has 94 valence electrons. The van der Waals surface area contributed by atoms with Crippen molar-refractivity contribution in [3.63, 3.8) is 0 Å². The normalized spacial score (nSPS) is 10.1. The predicted molar refractivity (Wildman–Crippen MR) is 70.2 cm³/mol. The number of rotatable bonds is 4. The molecule has 1 aromatic carbocycles. The average Bonchev–Trinajstić information content (AvgIpc) is 2.78. The van der Waals surface area contributed by atoms with E-state index in [0.29, 0.717) is 10.8 Å². The molecular weight excluding hydrogens is 252 g/mol. The summed E-state index contributed by atoms with van der Waals surface area (Å²) in [6, 6.07) is 8.83. The van der Waals surface area contributed by atoms with E-state index in [1.54, 1.807) is 17.5 Å². The first-order valence-corrected chi connectivity index (χ1v) is 6.05. The molecule has 0 unspecified atom stereocenters. The Labute approximate surface area is 108 Å². The lowest BCUT2D eigenvalue weighted by Crippen LogP contribution is -2.19. The number of aromatic nitrogens is 1. The Morgan fingerprint density at radius 1 is 1.33 bits per heavy atom. The number of amides is 2. The van der Waals surface area contributed by atoms with Crippen molar-refractivity contribution >= 4 is 28.2 Å². The maximum Gasteiger partial charge on any atom is 0.325 e. The summed E-state index contributed by atoms with van der Waals surface area (Å²) in [6.07, 6.45) is 0. The van der Waals surface area contributed by atoms with Gasteiger partial charge < -0.3 is 5.32 Å². The fourth-order valence-corrected chi connectivity index (χ4v) is 1.99. The van der Waals surface area contributed by atoms with Gasteiger partial charge in [0.15, 0.2) is 5.13 Å². The Bertz CT molecular complexity index is 515. The van der Waals surface area contributed by atoms with E-state index in [-0.39, 0.29) is 12.6 Å². The van der Waals surface area contributed by atoms with Gasteiger partial charge in [0.05, 0.1) is 5.69 Å². The number of nitrogens with zero attached hydrogens (tertiary/aromatic N) is 1. The molecule has 18 heavy (non-hydrogen) atoms. The third-order valence-electron chi connectivity index (χ3n) is 2.04. The number of nitrogens with one attached hydrogen (secondary N) is 2. The lowest BCUT2D eigenvalue weighted by atomic mass is 10.3. The Balaban J connectivity index is 1.90. The van der Waals surface area contributed by atoms with Crippen LogP contribution in [0.5, 0.6) is 0 Å². The van der Waals surface area contributed by atoms with Crippen LogP contribution in [0.1, 0.15) is 5.69 Å². The number of hydrogen-bond donors (Lipinski definition) is 3. The first-order chi connectivity index (χ1) is 8.78. The van der Waals surface area contributed by atoms with Gasteiger partial charge in [0, 0.05) is 11.1 Å². The van der Waals surface area contributed by atoms with Crippen LogP contribution in [-0.2, 0) is 11.4 Å². The average molecular weight is 264 g/mol. The van der Waals surface area contributed by atoms with E-state index < -0.39 is 0 Å². The van der Waals surface area contributed by atoms with Crippen molar-refractivity contribution in [1.29, 1.82) is 0 Å². The van der Waals surface area contributed by atoms with Crippen LogP contribution in [0.25, 0.3) is 0 Å². The first kappa shape index (κ1) is 12.5.